The van der Waals surface area contributed by atoms with Gasteiger partial charge in [-0.2, -0.15) is 0 Å². The minimum Gasteiger partial charge on any atom is -0.472 e. The predicted molar refractivity (Wildman–Crippen MR) is 20.0 cm³/mol. The van der Waals surface area contributed by atoms with Crippen LogP contribution in [0, 0.1) is 0 Å². The molecule has 0 aliphatic carbocycles. The molecule has 54 valence electrons. The Morgan fingerprint density at radius 1 is 1.44 bits per heavy atom. The van der Waals surface area contributed by atoms with Gasteiger partial charge in [0, 0.05) is 0 Å². The van der Waals surface area contributed by atoms with Gasteiger partial charge in [-0.15, -0.1) is 0 Å². The van der Waals surface area contributed by atoms with E-state index in [0.29, 0.717) is 0 Å². The molecule has 0 unspecified atom stereocenters. The van der Waals surface area contributed by atoms with Crippen molar-refractivity contribution in [1.29, 1.82) is 0 Å². The Hall–Kier alpha value is -0.520. The Morgan fingerprint density at radius 3 is 1.78 bits per heavy atom. The Bertz CT molecular complexity index is 147. The molecule has 1 N–H and O–H groups in total. The molecule has 0 radical (unpaired) electrons. The van der Waals surface area contributed by atoms with Crippen LogP contribution in [0.2, 0.25) is 0 Å². The van der Waals surface area contributed by atoms with E-state index in [9.17, 15) is 18.4 Å². The number of hydrogen-bond acceptors (Lipinski definition) is 4. The molecule has 0 rings (SSSR count). The smallest absolute Gasteiger partial charge is 0.472 e. The lowest BCUT2D eigenvalue weighted by atomic mass is 11.6. The van der Waals surface area contributed by atoms with Gasteiger partial charge in [-0.1, -0.05) is 9.46 Å². The third kappa shape index (κ3) is 1.70. The molecule has 0 saturated heterocycles. The summed E-state index contributed by atoms with van der Waals surface area (Å²) in [4.78, 5) is 9.49. The first-order valence-electron chi connectivity index (χ1n) is 1.51. The fraction of sp³-hybridized carbons (Fsp3) is 0. The number of carboxylic acid groups (broad SMARTS) is 1. The van der Waals surface area contributed by atoms with Gasteiger partial charge < -0.3 is 5.11 Å². The molecule has 0 aliphatic heterocycles. The topological polar surface area (TPSA) is 72.8 Å². The van der Waals surface area contributed by atoms with Gasteiger partial charge in [-0.3, -0.25) is 0 Å². The Labute approximate surface area is 47.5 Å². The number of hydrogen-bond donors (Lipinski definition) is 1. The second-order valence-electron chi connectivity index (χ2n) is 0.918. The predicted octanol–water partition coefficient (Wildman–Crippen LogP) is 1.66. The molecular weight excluding hydrogens is 161 g/mol. The van der Waals surface area contributed by atoms with Crippen LogP contribution in [0.3, 0.4) is 0 Å². The van der Waals surface area contributed by atoms with Gasteiger partial charge in [-0.05, 0) is 9.05 Å². The van der Waals surface area contributed by atoms with Crippen LogP contribution in [0.4, 0.5) is 13.8 Å². The van der Waals surface area contributed by atoms with Crippen molar-refractivity contribution in [3.05, 3.63) is 0 Å². The van der Waals surface area contributed by atoms with Crippen LogP contribution in [-0.2, 0) is 14.0 Å². The summed E-state index contributed by atoms with van der Waals surface area (Å²) < 4.78 is 35.8. The van der Waals surface area contributed by atoms with Crippen LogP contribution >= 0.6 is 7.60 Å². The van der Waals surface area contributed by atoms with E-state index in [1.54, 1.807) is 0 Å². The van der Waals surface area contributed by atoms with Gasteiger partial charge in [0.05, 0.1) is 0 Å². The van der Waals surface area contributed by atoms with Crippen LogP contribution in [0.1, 0.15) is 0 Å². The maximum Gasteiger partial charge on any atom is 0.499 e. The van der Waals surface area contributed by atoms with E-state index in [4.69, 9.17) is 5.11 Å². The van der Waals surface area contributed by atoms with Crippen molar-refractivity contribution in [1.82, 2.24) is 0 Å². The molecule has 0 aromatic heterocycles. The summed E-state index contributed by atoms with van der Waals surface area (Å²) in [5, 5.41) is 7.64. The lowest BCUT2D eigenvalue weighted by molar-refractivity contribution is -0.0850. The van der Waals surface area contributed by atoms with Crippen molar-refractivity contribution in [3.8, 4) is 0 Å². The van der Waals surface area contributed by atoms with Gasteiger partial charge in [0.25, 0.3) is 0 Å². The molecule has 9 heavy (non-hydrogen) atoms. The summed E-state index contributed by atoms with van der Waals surface area (Å²) in [6.07, 6.45) is 0. The number of rotatable bonds is 3. The average Bonchev–Trinajstić information content (AvgIpc) is 1.86. The average molecular weight is 162 g/mol. The highest BCUT2D eigenvalue weighted by Gasteiger charge is 2.38. The van der Waals surface area contributed by atoms with Crippen LogP contribution in [0.15, 0.2) is 0 Å². The molecule has 0 aromatic rings. The van der Waals surface area contributed by atoms with Gasteiger partial charge in [-0.25, -0.2) is 9.36 Å². The second kappa shape index (κ2) is 2.86. The zero-order valence-corrected chi connectivity index (χ0v) is 4.68. The SMILES string of the molecule is O=C(O)P(=O)(OF)OF. The molecule has 5 nitrogen and oxygen atoms in total. The van der Waals surface area contributed by atoms with E-state index in [1.165, 1.54) is 0 Å². The first-order chi connectivity index (χ1) is 4.06. The normalized spacial score (nSPS) is 11.3. The fourth-order valence-corrected chi connectivity index (χ4v) is 0.209. The van der Waals surface area contributed by atoms with Gasteiger partial charge in [0.2, 0.25) is 0 Å². The highest BCUT2D eigenvalue weighted by molar-refractivity contribution is 7.70. The molecule has 0 atom stereocenters. The van der Waals surface area contributed by atoms with E-state index >= 15 is 0 Å². The summed E-state index contributed by atoms with van der Waals surface area (Å²) in [5.41, 5.74) is -2.33. The van der Waals surface area contributed by atoms with Gasteiger partial charge >= 0.3 is 13.3 Å². The molecule has 0 fully saturated rings. The molecular formula is CHF2O5P. The molecule has 0 aliphatic rings. The quantitative estimate of drug-likeness (QED) is 0.638. The lowest BCUT2D eigenvalue weighted by Crippen LogP contribution is -1.95. The van der Waals surface area contributed by atoms with Crippen molar-refractivity contribution < 1.29 is 33.0 Å². The van der Waals surface area contributed by atoms with E-state index in [-0.39, 0.29) is 0 Å². The lowest BCUT2D eigenvalue weighted by Gasteiger charge is -1.97. The summed E-state index contributed by atoms with van der Waals surface area (Å²) in [5.74, 6) is 0. The Balaban J connectivity index is 4.30. The number of halogens is 2. The van der Waals surface area contributed by atoms with Crippen molar-refractivity contribution in [3.63, 3.8) is 0 Å². The van der Waals surface area contributed by atoms with Gasteiger partial charge in [0.15, 0.2) is 0 Å². The maximum absolute atomic E-state index is 10.8. The Kier molecular flexibility index (Phi) is 2.69. The van der Waals surface area contributed by atoms with Crippen LogP contribution in [-0.4, -0.2) is 10.8 Å². The van der Waals surface area contributed by atoms with Crippen molar-refractivity contribution >= 4 is 13.3 Å². The summed E-state index contributed by atoms with van der Waals surface area (Å²) in [6, 6.07) is 0. The first kappa shape index (κ1) is 8.48. The molecule has 0 aromatic carbocycles. The van der Waals surface area contributed by atoms with E-state index in [2.05, 4.69) is 9.46 Å². The van der Waals surface area contributed by atoms with Crippen molar-refractivity contribution in [2.45, 2.75) is 0 Å². The van der Waals surface area contributed by atoms with Crippen LogP contribution in [0.5, 0.6) is 0 Å². The molecule has 0 heterocycles. The minimum absolute atomic E-state index is 2.21. The van der Waals surface area contributed by atoms with E-state index in [1.807, 2.05) is 0 Å². The van der Waals surface area contributed by atoms with Crippen LogP contribution in [0.25, 0.3) is 0 Å². The third-order valence-electron chi connectivity index (χ3n) is 0.416. The Morgan fingerprint density at radius 2 is 1.78 bits per heavy atom. The van der Waals surface area contributed by atoms with Crippen molar-refractivity contribution in [2.24, 2.45) is 0 Å². The van der Waals surface area contributed by atoms with Crippen LogP contribution < -0.4 is 0 Å². The second-order valence-corrected chi connectivity index (χ2v) is 2.57. The van der Waals surface area contributed by atoms with E-state index < -0.39 is 13.3 Å². The summed E-state index contributed by atoms with van der Waals surface area (Å²) in [6.45, 7) is 0. The standard InChI is InChI=1S/CHF2O5P/c2-7-9(6,8-3)1(4)5/h(H,4,5). The molecule has 0 amide bonds. The summed E-state index contributed by atoms with van der Waals surface area (Å²) in [7, 11) is -5.17. The van der Waals surface area contributed by atoms with Gasteiger partial charge in [0.1, 0.15) is 0 Å². The zero-order valence-electron chi connectivity index (χ0n) is 3.78. The largest absolute Gasteiger partial charge is 0.499 e. The zero-order chi connectivity index (χ0) is 7.49. The molecule has 0 bridgehead atoms. The van der Waals surface area contributed by atoms with E-state index in [0.717, 1.165) is 0 Å². The monoisotopic (exact) mass is 162 g/mol. The highest BCUT2D eigenvalue weighted by atomic mass is 31.2. The molecule has 0 spiro atoms. The molecule has 8 heteroatoms. The minimum atomic E-state index is -5.17. The third-order valence-corrected chi connectivity index (χ3v) is 1.25. The van der Waals surface area contributed by atoms with Crippen molar-refractivity contribution in [2.75, 3.05) is 0 Å². The number of carbonyl (C=O) groups is 1. The summed E-state index contributed by atoms with van der Waals surface area (Å²) >= 11 is 0. The molecule has 0 saturated carbocycles. The first-order valence-corrected chi connectivity index (χ1v) is 3.05. The maximum atomic E-state index is 10.8. The fourth-order valence-electron chi connectivity index (χ4n) is 0.0697. The highest BCUT2D eigenvalue weighted by Crippen LogP contribution is 2.49.